The average Bonchev–Trinajstić information content (AvgIpc) is 3.12. The highest BCUT2D eigenvalue weighted by Gasteiger charge is 2.30. The minimum Gasteiger partial charge on any atom is -0.452 e. The van der Waals surface area contributed by atoms with Gasteiger partial charge in [0, 0.05) is 25.2 Å². The number of anilines is 1. The molecule has 10 nitrogen and oxygen atoms in total. The first-order chi connectivity index (χ1) is 13.4. The van der Waals surface area contributed by atoms with Crippen molar-refractivity contribution in [3.63, 3.8) is 0 Å². The molecule has 0 saturated carbocycles. The van der Waals surface area contributed by atoms with Gasteiger partial charge in [-0.05, 0) is 24.8 Å². The Hall–Kier alpha value is -3.17. The molecule has 2 aliphatic rings. The summed E-state index contributed by atoms with van der Waals surface area (Å²) in [7, 11) is 0. The maximum atomic E-state index is 12.6. The number of carbonyl (C=O) groups excluding carboxylic acids is 3. The van der Waals surface area contributed by atoms with E-state index in [1.807, 2.05) is 4.90 Å². The number of rotatable bonds is 5. The third-order valence-electron chi connectivity index (χ3n) is 4.92. The summed E-state index contributed by atoms with van der Waals surface area (Å²) in [5, 5.41) is 11.1. The minimum atomic E-state index is -0.849. The van der Waals surface area contributed by atoms with Crippen molar-refractivity contribution in [1.29, 1.82) is 0 Å². The molecule has 0 N–H and O–H groups in total. The summed E-state index contributed by atoms with van der Waals surface area (Å²) in [6.45, 7) is 3.14. The van der Waals surface area contributed by atoms with E-state index in [1.54, 1.807) is 0 Å². The number of nitro groups is 1. The fourth-order valence-electron chi connectivity index (χ4n) is 3.23. The zero-order valence-corrected chi connectivity index (χ0v) is 15.5. The van der Waals surface area contributed by atoms with Crippen molar-refractivity contribution in [3.8, 4) is 0 Å². The number of esters is 1. The Balaban J connectivity index is 1.76. The molecule has 0 unspecified atom stereocenters. The van der Waals surface area contributed by atoms with Gasteiger partial charge in [-0.25, -0.2) is 14.5 Å². The van der Waals surface area contributed by atoms with Crippen molar-refractivity contribution >= 4 is 29.3 Å². The number of amides is 2. The Morgan fingerprint density at radius 2 is 2.00 bits per heavy atom. The normalized spacial score (nSPS) is 17.4. The number of benzene rings is 1. The quantitative estimate of drug-likeness (QED) is 0.424. The Morgan fingerprint density at radius 1 is 1.29 bits per heavy atom. The molecule has 0 radical (unpaired) electrons. The molecule has 2 amide bonds. The number of nitrogens with zero attached hydrogens (tertiary/aromatic N) is 3. The van der Waals surface area contributed by atoms with Gasteiger partial charge in [0.2, 0.25) is 0 Å². The van der Waals surface area contributed by atoms with Crippen molar-refractivity contribution in [2.24, 2.45) is 5.92 Å². The van der Waals surface area contributed by atoms with Crippen LogP contribution in [-0.2, 0) is 14.3 Å². The molecule has 1 aromatic carbocycles. The molecular weight excluding hydrogens is 370 g/mol. The van der Waals surface area contributed by atoms with E-state index in [0.29, 0.717) is 11.6 Å². The van der Waals surface area contributed by atoms with E-state index in [9.17, 15) is 24.5 Å². The van der Waals surface area contributed by atoms with E-state index in [1.165, 1.54) is 12.1 Å². The Kier molecular flexibility index (Phi) is 5.76. The van der Waals surface area contributed by atoms with Crippen LogP contribution in [0.2, 0.25) is 0 Å². The largest absolute Gasteiger partial charge is 0.452 e. The van der Waals surface area contributed by atoms with Crippen LogP contribution in [-0.4, -0.2) is 60.6 Å². The summed E-state index contributed by atoms with van der Waals surface area (Å²) in [5.41, 5.74) is 0.326. The van der Waals surface area contributed by atoms with E-state index in [0.717, 1.165) is 36.9 Å². The number of cyclic esters (lactones) is 1. The van der Waals surface area contributed by atoms with E-state index < -0.39 is 29.5 Å². The van der Waals surface area contributed by atoms with Crippen LogP contribution in [0.15, 0.2) is 18.2 Å². The predicted molar refractivity (Wildman–Crippen MR) is 97.1 cm³/mol. The van der Waals surface area contributed by atoms with E-state index in [2.05, 4.69) is 11.7 Å². The lowest BCUT2D eigenvalue weighted by molar-refractivity contribution is -0.384. The van der Waals surface area contributed by atoms with Gasteiger partial charge < -0.3 is 14.4 Å². The van der Waals surface area contributed by atoms with Crippen molar-refractivity contribution in [2.75, 3.05) is 37.7 Å². The molecule has 0 bridgehead atoms. The van der Waals surface area contributed by atoms with Crippen LogP contribution >= 0.6 is 0 Å². The predicted octanol–water partition coefficient (Wildman–Crippen LogP) is 1.97. The molecule has 3 rings (SSSR count). The summed E-state index contributed by atoms with van der Waals surface area (Å²) in [5.74, 6) is -0.976. The number of hydrogen-bond donors (Lipinski definition) is 0. The number of nitro benzene ring substituents is 1. The first-order valence-electron chi connectivity index (χ1n) is 9.04. The van der Waals surface area contributed by atoms with Crippen LogP contribution < -0.4 is 4.90 Å². The van der Waals surface area contributed by atoms with Crippen LogP contribution in [0.3, 0.4) is 0 Å². The molecule has 0 aliphatic carbocycles. The van der Waals surface area contributed by atoms with Crippen molar-refractivity contribution in [1.82, 2.24) is 4.90 Å². The lowest BCUT2D eigenvalue weighted by Gasteiger charge is -2.33. The highest BCUT2D eigenvalue weighted by Crippen LogP contribution is 2.30. The second kappa shape index (κ2) is 8.24. The maximum absolute atomic E-state index is 12.6. The van der Waals surface area contributed by atoms with E-state index in [4.69, 9.17) is 4.74 Å². The van der Waals surface area contributed by atoms with Crippen LogP contribution in [0.4, 0.5) is 16.2 Å². The number of piperidine rings is 1. The van der Waals surface area contributed by atoms with Crippen LogP contribution in [0, 0.1) is 16.0 Å². The van der Waals surface area contributed by atoms with Gasteiger partial charge in [-0.15, -0.1) is 0 Å². The monoisotopic (exact) mass is 391 g/mol. The van der Waals surface area contributed by atoms with Gasteiger partial charge in [0.05, 0.1) is 22.7 Å². The summed E-state index contributed by atoms with van der Waals surface area (Å²) in [6, 6.07) is 4.03. The molecule has 10 heteroatoms. The molecule has 1 aromatic rings. The maximum Gasteiger partial charge on any atom is 0.416 e. The molecule has 2 heterocycles. The zero-order valence-electron chi connectivity index (χ0n) is 15.5. The topological polar surface area (TPSA) is 119 Å². The lowest BCUT2D eigenvalue weighted by Crippen LogP contribution is -2.36. The third kappa shape index (κ3) is 4.21. The van der Waals surface area contributed by atoms with Gasteiger partial charge in [0.15, 0.2) is 6.61 Å². The minimum absolute atomic E-state index is 0.0283. The number of hydrogen-bond acceptors (Lipinski definition) is 8. The van der Waals surface area contributed by atoms with E-state index >= 15 is 0 Å². The molecular formula is C18H21N3O7. The molecule has 2 saturated heterocycles. The fourth-order valence-corrected chi connectivity index (χ4v) is 3.23. The van der Waals surface area contributed by atoms with Gasteiger partial charge in [0.25, 0.3) is 11.6 Å². The van der Waals surface area contributed by atoms with Crippen molar-refractivity contribution in [3.05, 3.63) is 33.9 Å². The molecule has 0 atom stereocenters. The average molecular weight is 391 g/mol. The van der Waals surface area contributed by atoms with Crippen LogP contribution in [0.5, 0.6) is 0 Å². The summed E-state index contributed by atoms with van der Waals surface area (Å²) >= 11 is 0. The molecule has 2 aliphatic heterocycles. The third-order valence-corrected chi connectivity index (χ3v) is 4.92. The molecule has 2 fully saturated rings. The smallest absolute Gasteiger partial charge is 0.416 e. The SMILES string of the molecule is CC1CCN(c2ccc([N+](=O)[O-])cc2C(=O)OCC(=O)N2CCOC2=O)CC1. The van der Waals surface area contributed by atoms with Gasteiger partial charge in [-0.2, -0.15) is 0 Å². The Morgan fingerprint density at radius 3 is 2.61 bits per heavy atom. The van der Waals surface area contributed by atoms with Crippen molar-refractivity contribution in [2.45, 2.75) is 19.8 Å². The fraction of sp³-hybridized carbons (Fsp3) is 0.500. The van der Waals surface area contributed by atoms with Crippen LogP contribution in [0.1, 0.15) is 30.1 Å². The molecule has 28 heavy (non-hydrogen) atoms. The van der Waals surface area contributed by atoms with Crippen molar-refractivity contribution < 1.29 is 28.8 Å². The van der Waals surface area contributed by atoms with Crippen LogP contribution in [0.25, 0.3) is 0 Å². The summed E-state index contributed by atoms with van der Waals surface area (Å²) in [6.07, 6.45) is 1.11. The number of imide groups is 1. The first-order valence-corrected chi connectivity index (χ1v) is 9.04. The van der Waals surface area contributed by atoms with Gasteiger partial charge in [-0.1, -0.05) is 6.92 Å². The second-order valence-electron chi connectivity index (χ2n) is 6.86. The van der Waals surface area contributed by atoms with E-state index in [-0.39, 0.29) is 24.4 Å². The first kappa shape index (κ1) is 19.6. The summed E-state index contributed by atoms with van der Waals surface area (Å²) < 4.78 is 9.72. The molecule has 0 spiro atoms. The zero-order chi connectivity index (χ0) is 20.3. The molecule has 150 valence electrons. The Labute approximate surface area is 161 Å². The van der Waals surface area contributed by atoms with Gasteiger partial charge in [-0.3, -0.25) is 14.9 Å². The number of ether oxygens (including phenoxy) is 2. The highest BCUT2D eigenvalue weighted by molar-refractivity contribution is 5.99. The number of carbonyl (C=O) groups is 3. The highest BCUT2D eigenvalue weighted by atomic mass is 16.6. The summed E-state index contributed by atoms with van der Waals surface area (Å²) in [4.78, 5) is 49.4. The molecule has 0 aromatic heterocycles. The second-order valence-corrected chi connectivity index (χ2v) is 6.86. The number of non-ortho nitro benzene ring substituents is 1. The van der Waals surface area contributed by atoms with Gasteiger partial charge in [0.1, 0.15) is 6.61 Å². The van der Waals surface area contributed by atoms with Gasteiger partial charge >= 0.3 is 12.1 Å². The Bertz CT molecular complexity index is 802. The standard InChI is InChI=1S/C18H21N3O7/c1-12-4-6-19(7-5-12)15-3-2-13(21(25)26)10-14(15)17(23)28-11-16(22)20-8-9-27-18(20)24/h2-3,10,12H,4-9,11H2,1H3. The lowest BCUT2D eigenvalue weighted by atomic mass is 9.98.